The van der Waals surface area contributed by atoms with Gasteiger partial charge in [0.05, 0.1) is 10.6 Å². The van der Waals surface area contributed by atoms with Crippen molar-refractivity contribution in [1.29, 1.82) is 0 Å². The van der Waals surface area contributed by atoms with Gasteiger partial charge in [0.25, 0.3) is 0 Å². The molecule has 0 unspecified atom stereocenters. The first-order chi connectivity index (χ1) is 18.5. The maximum Gasteiger partial charge on any atom is 0.182 e. The first-order valence-electron chi connectivity index (χ1n) is 13.2. The quantitative estimate of drug-likeness (QED) is 0.197. The molecule has 0 aliphatic rings. The fourth-order valence-corrected chi connectivity index (χ4v) is 6.58. The molecular weight excluding hydrogens is 484 g/mol. The molecule has 0 atom stereocenters. The number of benzene rings is 5. The Hall–Kier alpha value is -3.95. The summed E-state index contributed by atoms with van der Waals surface area (Å²) in [5, 5.41) is 0. The molecular formula is C35H32O2S. The molecule has 0 bridgehead atoms. The molecule has 5 aromatic rings. The number of hydrogen-bond acceptors (Lipinski definition) is 2. The van der Waals surface area contributed by atoms with Crippen LogP contribution in [0.4, 0.5) is 0 Å². The molecule has 0 amide bonds. The number of aryl methyl sites for hydroxylation is 3. The lowest BCUT2D eigenvalue weighted by atomic mass is 9.94. The summed E-state index contributed by atoms with van der Waals surface area (Å²) < 4.78 is 27.3. The van der Waals surface area contributed by atoms with Gasteiger partial charge in [0.2, 0.25) is 0 Å². The third-order valence-electron chi connectivity index (χ3n) is 7.07. The minimum absolute atomic E-state index is 0.0225. The summed E-state index contributed by atoms with van der Waals surface area (Å²) in [5.74, 6) is -0.0225. The van der Waals surface area contributed by atoms with Crippen LogP contribution in [-0.4, -0.2) is 8.42 Å². The number of rotatable bonds is 9. The van der Waals surface area contributed by atoms with Gasteiger partial charge in [-0.2, -0.15) is 0 Å². The molecule has 0 saturated heterocycles. The molecule has 2 nitrogen and oxygen atoms in total. The minimum atomic E-state index is -3.53. The Morgan fingerprint density at radius 2 is 1.16 bits per heavy atom. The highest BCUT2D eigenvalue weighted by Crippen LogP contribution is 2.31. The lowest BCUT2D eigenvalue weighted by Crippen LogP contribution is -2.08. The third kappa shape index (κ3) is 5.79. The van der Waals surface area contributed by atoms with Gasteiger partial charge in [-0.3, -0.25) is 0 Å². The average Bonchev–Trinajstić information content (AvgIpc) is 2.97. The Labute approximate surface area is 226 Å². The van der Waals surface area contributed by atoms with Crippen LogP contribution in [0.25, 0.3) is 22.3 Å². The number of hydrogen-bond donors (Lipinski definition) is 0. The lowest BCUT2D eigenvalue weighted by Gasteiger charge is -2.15. The third-order valence-corrected chi connectivity index (χ3v) is 8.73. The van der Waals surface area contributed by atoms with E-state index in [4.69, 9.17) is 0 Å². The van der Waals surface area contributed by atoms with Crippen LogP contribution in [0.15, 0.2) is 132 Å². The smallest absolute Gasteiger partial charge is 0.182 e. The van der Waals surface area contributed by atoms with Crippen molar-refractivity contribution in [3.63, 3.8) is 0 Å². The summed E-state index contributed by atoms with van der Waals surface area (Å²) >= 11 is 0. The van der Waals surface area contributed by atoms with Crippen molar-refractivity contribution in [1.82, 2.24) is 0 Å². The molecule has 0 spiro atoms. The van der Waals surface area contributed by atoms with Gasteiger partial charge in [-0.15, -0.1) is 0 Å². The van der Waals surface area contributed by atoms with Gasteiger partial charge in [0, 0.05) is 0 Å². The second-order valence-electron chi connectivity index (χ2n) is 9.60. The molecule has 3 heteroatoms. The van der Waals surface area contributed by atoms with Crippen molar-refractivity contribution in [2.24, 2.45) is 0 Å². The highest BCUT2D eigenvalue weighted by Gasteiger charge is 2.20. The first-order valence-corrected chi connectivity index (χ1v) is 14.8. The van der Waals surface area contributed by atoms with Crippen LogP contribution in [0.2, 0.25) is 0 Å². The molecule has 0 aliphatic carbocycles. The van der Waals surface area contributed by atoms with Crippen LogP contribution >= 0.6 is 0 Å². The van der Waals surface area contributed by atoms with E-state index in [-0.39, 0.29) is 5.75 Å². The molecule has 190 valence electrons. The van der Waals surface area contributed by atoms with Crippen LogP contribution in [0.1, 0.15) is 29.2 Å². The van der Waals surface area contributed by atoms with E-state index in [2.05, 4.69) is 73.7 Å². The first kappa shape index (κ1) is 25.7. The Balaban J connectivity index is 1.40. The Morgan fingerprint density at radius 1 is 0.553 bits per heavy atom. The fraction of sp³-hybridized carbons (Fsp3) is 0.143. The molecule has 0 N–H and O–H groups in total. The highest BCUT2D eigenvalue weighted by molar-refractivity contribution is 7.90. The van der Waals surface area contributed by atoms with Gasteiger partial charge in [0.15, 0.2) is 9.84 Å². The number of sulfone groups is 1. The monoisotopic (exact) mass is 516 g/mol. The van der Waals surface area contributed by atoms with E-state index in [1.807, 2.05) is 54.6 Å². The predicted molar refractivity (Wildman–Crippen MR) is 158 cm³/mol. The standard InChI is InChI=1S/C35H32O2S/c1-2-28-19-12-20-32(35(28)31-17-7-4-8-18-31)26-38(36,37)33-21-11-13-27(25-33)23-24-30-16-9-10-22-34(30)29-14-5-3-6-15-29/h3-22,25H,2,23-24,26H2,1H3. The molecule has 0 aromatic heterocycles. The van der Waals surface area contributed by atoms with Crippen LogP contribution in [0, 0.1) is 0 Å². The summed E-state index contributed by atoms with van der Waals surface area (Å²) in [6.45, 7) is 2.11. The second kappa shape index (κ2) is 11.6. The molecule has 0 radical (unpaired) electrons. The lowest BCUT2D eigenvalue weighted by molar-refractivity contribution is 0.595. The zero-order valence-electron chi connectivity index (χ0n) is 21.7. The molecule has 38 heavy (non-hydrogen) atoms. The molecule has 0 saturated carbocycles. The van der Waals surface area contributed by atoms with Crippen molar-refractivity contribution < 1.29 is 8.42 Å². The van der Waals surface area contributed by atoms with E-state index in [1.54, 1.807) is 6.07 Å². The largest absolute Gasteiger partial charge is 0.223 e. The van der Waals surface area contributed by atoms with E-state index >= 15 is 0 Å². The maximum absolute atomic E-state index is 13.7. The van der Waals surface area contributed by atoms with Crippen molar-refractivity contribution in [3.8, 4) is 22.3 Å². The zero-order chi connectivity index (χ0) is 26.4. The van der Waals surface area contributed by atoms with Gasteiger partial charge in [-0.05, 0) is 75.9 Å². The van der Waals surface area contributed by atoms with E-state index in [1.165, 1.54) is 16.7 Å². The predicted octanol–water partition coefficient (Wildman–Crippen LogP) is 8.34. The molecule has 5 aromatic carbocycles. The summed E-state index contributed by atoms with van der Waals surface area (Å²) in [5.41, 5.74) is 8.81. The van der Waals surface area contributed by atoms with Crippen LogP contribution in [-0.2, 0) is 34.9 Å². The molecule has 0 fully saturated rings. The van der Waals surface area contributed by atoms with Crippen LogP contribution in [0.3, 0.4) is 0 Å². The Bertz CT molecular complexity index is 1620. The van der Waals surface area contributed by atoms with E-state index in [9.17, 15) is 8.42 Å². The molecule has 0 heterocycles. The van der Waals surface area contributed by atoms with Gasteiger partial charge in [0.1, 0.15) is 0 Å². The van der Waals surface area contributed by atoms with Crippen molar-refractivity contribution in [3.05, 3.63) is 150 Å². The van der Waals surface area contributed by atoms with Gasteiger partial charge in [-0.1, -0.05) is 122 Å². The molecule has 5 rings (SSSR count). The van der Waals surface area contributed by atoms with Crippen molar-refractivity contribution >= 4 is 9.84 Å². The fourth-order valence-electron chi connectivity index (χ4n) is 5.14. The van der Waals surface area contributed by atoms with Crippen LogP contribution in [0.5, 0.6) is 0 Å². The Morgan fingerprint density at radius 3 is 1.89 bits per heavy atom. The Kier molecular flexibility index (Phi) is 7.86. The summed E-state index contributed by atoms with van der Waals surface area (Å²) in [7, 11) is -3.53. The minimum Gasteiger partial charge on any atom is -0.223 e. The topological polar surface area (TPSA) is 34.1 Å². The zero-order valence-corrected chi connectivity index (χ0v) is 22.5. The van der Waals surface area contributed by atoms with Crippen LogP contribution < -0.4 is 0 Å². The summed E-state index contributed by atoms with van der Waals surface area (Å²) in [4.78, 5) is 0.382. The highest BCUT2D eigenvalue weighted by atomic mass is 32.2. The van der Waals surface area contributed by atoms with Gasteiger partial charge < -0.3 is 0 Å². The van der Waals surface area contributed by atoms with Crippen molar-refractivity contribution in [2.45, 2.75) is 36.8 Å². The normalized spacial score (nSPS) is 11.4. The van der Waals surface area contributed by atoms with Crippen molar-refractivity contribution in [2.75, 3.05) is 0 Å². The maximum atomic E-state index is 13.7. The van der Waals surface area contributed by atoms with E-state index in [0.717, 1.165) is 47.1 Å². The average molecular weight is 517 g/mol. The summed E-state index contributed by atoms with van der Waals surface area (Å²) in [6.07, 6.45) is 2.46. The SMILES string of the molecule is CCc1cccc(CS(=O)(=O)c2cccc(CCc3ccccc3-c3ccccc3)c2)c1-c1ccccc1. The second-order valence-corrected chi connectivity index (χ2v) is 11.6. The van der Waals surface area contributed by atoms with Gasteiger partial charge in [-0.25, -0.2) is 8.42 Å². The molecule has 0 aliphatic heterocycles. The van der Waals surface area contributed by atoms with E-state index in [0.29, 0.717) is 4.90 Å². The van der Waals surface area contributed by atoms with E-state index < -0.39 is 9.84 Å². The summed E-state index contributed by atoms with van der Waals surface area (Å²) in [6, 6.07) is 42.4. The van der Waals surface area contributed by atoms with Gasteiger partial charge >= 0.3 is 0 Å².